The topological polar surface area (TPSA) is 91.8 Å². The van der Waals surface area contributed by atoms with Gasteiger partial charge in [-0.15, -0.1) is 0 Å². The van der Waals surface area contributed by atoms with Crippen LogP contribution < -0.4 is 10.1 Å². The summed E-state index contributed by atoms with van der Waals surface area (Å²) in [5, 5.41) is 11.7. The maximum Gasteiger partial charge on any atom is 0.417 e. The Bertz CT molecular complexity index is 636. The summed E-state index contributed by atoms with van der Waals surface area (Å²) in [7, 11) is 0. The molecule has 2 N–H and O–H groups in total. The fourth-order valence-electron chi connectivity index (χ4n) is 2.37. The van der Waals surface area contributed by atoms with E-state index in [4.69, 9.17) is 9.84 Å². The number of urea groups is 1. The van der Waals surface area contributed by atoms with Crippen LogP contribution in [0.25, 0.3) is 0 Å². The predicted molar refractivity (Wildman–Crippen MR) is 80.1 cm³/mol. The summed E-state index contributed by atoms with van der Waals surface area (Å²) in [6.07, 6.45) is -3.41. The molecule has 1 saturated heterocycles. The molecule has 2 amide bonds. The van der Waals surface area contributed by atoms with Gasteiger partial charge in [-0.3, -0.25) is 4.79 Å². The minimum Gasteiger partial charge on any atom is -0.481 e. The second kappa shape index (κ2) is 7.16. The predicted octanol–water partition coefficient (Wildman–Crippen LogP) is 1.99. The second-order valence-electron chi connectivity index (χ2n) is 6.00. The Morgan fingerprint density at radius 2 is 2.16 bits per heavy atom. The van der Waals surface area contributed by atoms with Crippen LogP contribution in [-0.2, 0) is 11.0 Å². The summed E-state index contributed by atoms with van der Waals surface area (Å²) in [6, 6.07) is 1.55. The third-order valence-electron chi connectivity index (χ3n) is 3.97. The first-order valence-electron chi connectivity index (χ1n) is 7.54. The lowest BCUT2D eigenvalue weighted by atomic mass is 9.90. The number of aliphatic carboxylic acids is 1. The molecule has 2 rings (SSSR count). The number of rotatable bonds is 5. The summed E-state index contributed by atoms with van der Waals surface area (Å²) in [5.41, 5.74) is -1.82. The highest BCUT2D eigenvalue weighted by Gasteiger charge is 2.42. The lowest BCUT2D eigenvalue weighted by Gasteiger charge is -2.20. The van der Waals surface area contributed by atoms with Crippen LogP contribution >= 0.6 is 0 Å². The van der Waals surface area contributed by atoms with Crippen LogP contribution in [-0.4, -0.2) is 53.2 Å². The van der Waals surface area contributed by atoms with Crippen molar-refractivity contribution in [3.8, 4) is 5.88 Å². The zero-order chi connectivity index (χ0) is 18.7. The molecule has 1 atom stereocenters. The number of carboxylic acids is 1. The number of nitrogens with zero attached hydrogens (tertiary/aromatic N) is 2. The number of carboxylic acid groups (broad SMARTS) is 1. The maximum atomic E-state index is 12.4. The number of ether oxygens (including phenoxy) is 1. The molecule has 1 aliphatic heterocycles. The Morgan fingerprint density at radius 1 is 1.44 bits per heavy atom. The third kappa shape index (κ3) is 4.74. The Morgan fingerprint density at radius 3 is 2.68 bits per heavy atom. The summed E-state index contributed by atoms with van der Waals surface area (Å²) in [5.74, 6) is -0.929. The van der Waals surface area contributed by atoms with Crippen molar-refractivity contribution in [3.05, 3.63) is 23.9 Å². The van der Waals surface area contributed by atoms with Gasteiger partial charge in [0.05, 0.1) is 17.5 Å². The maximum absolute atomic E-state index is 12.4. The van der Waals surface area contributed by atoms with E-state index in [1.54, 1.807) is 6.92 Å². The number of halogens is 3. The van der Waals surface area contributed by atoms with Crippen LogP contribution in [0.3, 0.4) is 0 Å². The van der Waals surface area contributed by atoms with Gasteiger partial charge in [0.25, 0.3) is 0 Å². The van der Waals surface area contributed by atoms with Crippen LogP contribution in [0.5, 0.6) is 5.88 Å². The molecule has 138 valence electrons. The molecule has 1 unspecified atom stereocenters. The van der Waals surface area contributed by atoms with E-state index in [1.807, 2.05) is 0 Å². The van der Waals surface area contributed by atoms with E-state index in [9.17, 15) is 22.8 Å². The van der Waals surface area contributed by atoms with Gasteiger partial charge in [-0.1, -0.05) is 0 Å². The van der Waals surface area contributed by atoms with Crippen LogP contribution in [0, 0.1) is 5.41 Å². The summed E-state index contributed by atoms with van der Waals surface area (Å²) in [4.78, 5) is 28.0. The Kier molecular flexibility index (Phi) is 5.39. The van der Waals surface area contributed by atoms with Crippen LogP contribution in [0.4, 0.5) is 18.0 Å². The molecule has 7 nitrogen and oxygen atoms in total. The van der Waals surface area contributed by atoms with Gasteiger partial charge >= 0.3 is 18.2 Å². The zero-order valence-electron chi connectivity index (χ0n) is 13.5. The first-order chi connectivity index (χ1) is 11.6. The highest BCUT2D eigenvalue weighted by atomic mass is 19.4. The van der Waals surface area contributed by atoms with Crippen molar-refractivity contribution in [2.24, 2.45) is 5.41 Å². The minimum absolute atomic E-state index is 0.0156. The first kappa shape index (κ1) is 18.8. The molecule has 0 aromatic carbocycles. The summed E-state index contributed by atoms with van der Waals surface area (Å²) in [6.45, 7) is 2.18. The average molecular weight is 361 g/mol. The van der Waals surface area contributed by atoms with Crippen molar-refractivity contribution in [1.29, 1.82) is 0 Å². The molecule has 1 fully saturated rings. The molecule has 10 heteroatoms. The van der Waals surface area contributed by atoms with Gasteiger partial charge in [-0.05, 0) is 19.4 Å². The standard InChI is InChI=1S/C15H18F3N3O4/c1-14(12(22)23)4-6-21(9-14)13(24)19-5-7-25-11-3-2-10(8-20-11)15(16,17)18/h2-3,8H,4-7,9H2,1H3,(H,19,24)(H,22,23). The number of hydrogen-bond donors (Lipinski definition) is 2. The molecule has 0 radical (unpaired) electrons. The number of pyridine rings is 1. The van der Waals surface area contributed by atoms with Crippen molar-refractivity contribution in [2.75, 3.05) is 26.2 Å². The van der Waals surface area contributed by atoms with E-state index in [1.165, 1.54) is 4.90 Å². The quantitative estimate of drug-likeness (QED) is 0.783. The van der Waals surface area contributed by atoms with E-state index < -0.39 is 29.2 Å². The van der Waals surface area contributed by atoms with Gasteiger partial charge in [0.15, 0.2) is 0 Å². The van der Waals surface area contributed by atoms with E-state index in [0.717, 1.165) is 12.1 Å². The zero-order valence-corrected chi connectivity index (χ0v) is 13.5. The fraction of sp³-hybridized carbons (Fsp3) is 0.533. The van der Waals surface area contributed by atoms with Crippen LogP contribution in [0.1, 0.15) is 18.9 Å². The third-order valence-corrected chi connectivity index (χ3v) is 3.97. The Balaban J connectivity index is 1.73. The van der Waals surface area contributed by atoms with Crippen molar-refractivity contribution in [2.45, 2.75) is 19.5 Å². The number of carbonyl (C=O) groups is 2. The Labute approximate surface area is 141 Å². The number of alkyl halides is 3. The molecule has 2 heterocycles. The van der Waals surface area contributed by atoms with E-state index in [-0.39, 0.29) is 25.6 Å². The van der Waals surface area contributed by atoms with Crippen LogP contribution in [0.2, 0.25) is 0 Å². The number of likely N-dealkylation sites (tertiary alicyclic amines) is 1. The van der Waals surface area contributed by atoms with Crippen LogP contribution in [0.15, 0.2) is 18.3 Å². The van der Waals surface area contributed by atoms with Crippen molar-refractivity contribution >= 4 is 12.0 Å². The smallest absolute Gasteiger partial charge is 0.417 e. The number of nitrogens with one attached hydrogen (secondary N) is 1. The largest absolute Gasteiger partial charge is 0.481 e. The number of aromatic nitrogens is 1. The number of amides is 2. The fourth-order valence-corrected chi connectivity index (χ4v) is 2.37. The molecule has 1 aromatic rings. The average Bonchev–Trinajstić information content (AvgIpc) is 2.95. The molecule has 1 aromatic heterocycles. The SMILES string of the molecule is CC1(C(=O)O)CCN(C(=O)NCCOc2ccc(C(F)(F)F)cn2)C1. The van der Waals surface area contributed by atoms with Gasteiger partial charge in [0.1, 0.15) is 6.61 Å². The van der Waals surface area contributed by atoms with Gasteiger partial charge in [-0.25, -0.2) is 9.78 Å². The molecule has 0 saturated carbocycles. The molecule has 1 aliphatic rings. The van der Waals surface area contributed by atoms with E-state index >= 15 is 0 Å². The van der Waals surface area contributed by atoms with E-state index in [0.29, 0.717) is 19.2 Å². The van der Waals surface area contributed by atoms with Gasteiger partial charge in [-0.2, -0.15) is 13.2 Å². The molecule has 0 bridgehead atoms. The number of carbonyl (C=O) groups excluding carboxylic acids is 1. The summed E-state index contributed by atoms with van der Waals surface area (Å²) >= 11 is 0. The summed E-state index contributed by atoms with van der Waals surface area (Å²) < 4.78 is 42.4. The lowest BCUT2D eigenvalue weighted by Crippen LogP contribution is -2.42. The van der Waals surface area contributed by atoms with Gasteiger partial charge in [0, 0.05) is 25.4 Å². The minimum atomic E-state index is -4.46. The molecular weight excluding hydrogens is 343 g/mol. The first-order valence-corrected chi connectivity index (χ1v) is 7.54. The van der Waals surface area contributed by atoms with Gasteiger partial charge < -0.3 is 20.1 Å². The van der Waals surface area contributed by atoms with E-state index in [2.05, 4.69) is 10.3 Å². The molecular formula is C15H18F3N3O4. The molecule has 0 spiro atoms. The van der Waals surface area contributed by atoms with Crippen molar-refractivity contribution < 1.29 is 32.6 Å². The highest BCUT2D eigenvalue weighted by Crippen LogP contribution is 2.30. The second-order valence-corrected chi connectivity index (χ2v) is 6.00. The van der Waals surface area contributed by atoms with Gasteiger partial charge in [0.2, 0.25) is 5.88 Å². The highest BCUT2D eigenvalue weighted by molar-refractivity contribution is 5.79. The van der Waals surface area contributed by atoms with Crippen molar-refractivity contribution in [3.63, 3.8) is 0 Å². The molecule has 25 heavy (non-hydrogen) atoms. The monoisotopic (exact) mass is 361 g/mol. The Hall–Kier alpha value is -2.52. The molecule has 0 aliphatic carbocycles. The number of hydrogen-bond acceptors (Lipinski definition) is 4. The van der Waals surface area contributed by atoms with Crippen molar-refractivity contribution in [1.82, 2.24) is 15.2 Å². The normalized spacial score (nSPS) is 20.4. The lowest BCUT2D eigenvalue weighted by molar-refractivity contribution is -0.147.